The molecule has 2 aromatic rings. The Hall–Kier alpha value is -1.76. The maximum absolute atomic E-state index is 11.6. The minimum Gasteiger partial charge on any atom is -0.298 e. The second kappa shape index (κ2) is 4.97. The number of carbonyl (C=O) groups excluding carboxylic acids is 1. The van der Waals surface area contributed by atoms with E-state index in [1.165, 1.54) is 0 Å². The maximum Gasteiger partial charge on any atom is 0.166 e. The summed E-state index contributed by atoms with van der Waals surface area (Å²) in [5, 5.41) is 4.32. The van der Waals surface area contributed by atoms with Crippen molar-refractivity contribution in [2.75, 3.05) is 11.5 Å². The summed E-state index contributed by atoms with van der Waals surface area (Å²) in [5.74, 6) is 1.17. The molecule has 1 fully saturated rings. The van der Waals surface area contributed by atoms with Gasteiger partial charge < -0.3 is 0 Å². The van der Waals surface area contributed by atoms with Gasteiger partial charge in [-0.15, -0.1) is 0 Å². The van der Waals surface area contributed by atoms with Gasteiger partial charge in [-0.05, 0) is 30.9 Å². The molecule has 7 heteroatoms. The molecule has 0 aliphatic carbocycles. The van der Waals surface area contributed by atoms with Crippen molar-refractivity contribution in [3.63, 3.8) is 0 Å². The Balaban J connectivity index is 1.86. The van der Waals surface area contributed by atoms with E-state index >= 15 is 0 Å². The molecular formula is C13H15N3O3S. The van der Waals surface area contributed by atoms with Crippen LogP contribution in [0.2, 0.25) is 0 Å². The molecule has 1 atom stereocenters. The first-order chi connectivity index (χ1) is 9.57. The first-order valence-electron chi connectivity index (χ1n) is 6.57. The molecule has 1 saturated heterocycles. The molecule has 106 valence electrons. The summed E-state index contributed by atoms with van der Waals surface area (Å²) < 4.78 is 24.8. The van der Waals surface area contributed by atoms with Crippen LogP contribution in [0.5, 0.6) is 0 Å². The van der Waals surface area contributed by atoms with Crippen LogP contribution in [-0.4, -0.2) is 40.8 Å². The number of fused-ring (bicyclic) bond motifs is 1. The monoisotopic (exact) mass is 293 g/mol. The van der Waals surface area contributed by atoms with Crippen LogP contribution in [0.4, 0.5) is 0 Å². The fraction of sp³-hybridized carbons (Fsp3) is 0.462. The Morgan fingerprint density at radius 2 is 2.30 bits per heavy atom. The second-order valence-electron chi connectivity index (χ2n) is 5.20. The first kappa shape index (κ1) is 13.2. The number of sulfone groups is 1. The first-order valence-corrected chi connectivity index (χ1v) is 8.39. The fourth-order valence-corrected chi connectivity index (χ4v) is 4.46. The molecular weight excluding hydrogens is 278 g/mol. The van der Waals surface area contributed by atoms with Gasteiger partial charge in [-0.1, -0.05) is 0 Å². The van der Waals surface area contributed by atoms with Gasteiger partial charge in [0.15, 0.2) is 27.6 Å². The predicted octanol–water partition coefficient (Wildman–Crippen LogP) is 0.909. The molecule has 20 heavy (non-hydrogen) atoms. The van der Waals surface area contributed by atoms with E-state index in [2.05, 4.69) is 10.1 Å². The number of pyridine rings is 1. The highest BCUT2D eigenvalue weighted by atomic mass is 32.2. The summed E-state index contributed by atoms with van der Waals surface area (Å²) in [7, 11) is -2.91. The highest BCUT2D eigenvalue weighted by Gasteiger charge is 2.26. The largest absolute Gasteiger partial charge is 0.298 e. The van der Waals surface area contributed by atoms with Gasteiger partial charge in [0.05, 0.1) is 17.1 Å². The van der Waals surface area contributed by atoms with E-state index in [1.807, 2.05) is 0 Å². The van der Waals surface area contributed by atoms with Crippen molar-refractivity contribution in [2.45, 2.75) is 19.3 Å². The fourth-order valence-electron chi connectivity index (χ4n) is 2.69. The second-order valence-corrected chi connectivity index (χ2v) is 7.43. The molecule has 0 amide bonds. The van der Waals surface area contributed by atoms with E-state index in [0.29, 0.717) is 29.9 Å². The SMILES string of the molecule is O=Cc1cccn2nc(CC3CCCS(=O)(=O)C3)nc12. The average Bonchev–Trinajstić information content (AvgIpc) is 2.79. The van der Waals surface area contributed by atoms with Gasteiger partial charge in [-0.2, -0.15) is 5.10 Å². The standard InChI is InChI=1S/C13H15N3O3S/c17-8-11-4-1-5-16-13(11)14-12(15-16)7-10-3-2-6-20(18,19)9-10/h1,4-5,8,10H,2-3,6-7,9H2. The van der Waals surface area contributed by atoms with Crippen LogP contribution in [0.25, 0.3) is 5.65 Å². The highest BCUT2D eigenvalue weighted by molar-refractivity contribution is 7.91. The smallest absolute Gasteiger partial charge is 0.166 e. The van der Waals surface area contributed by atoms with Gasteiger partial charge in [-0.25, -0.2) is 17.9 Å². The van der Waals surface area contributed by atoms with Crippen LogP contribution in [0, 0.1) is 5.92 Å². The molecule has 0 bridgehead atoms. The van der Waals surface area contributed by atoms with Crippen molar-refractivity contribution < 1.29 is 13.2 Å². The summed E-state index contributed by atoms with van der Waals surface area (Å²) in [6.45, 7) is 0. The van der Waals surface area contributed by atoms with E-state index in [4.69, 9.17) is 0 Å². The Bertz CT molecular complexity index is 751. The van der Waals surface area contributed by atoms with Crippen LogP contribution >= 0.6 is 0 Å². The van der Waals surface area contributed by atoms with Gasteiger partial charge in [0.25, 0.3) is 0 Å². The number of aldehydes is 1. The zero-order valence-electron chi connectivity index (χ0n) is 10.9. The van der Waals surface area contributed by atoms with Crippen LogP contribution in [-0.2, 0) is 16.3 Å². The lowest BCUT2D eigenvalue weighted by molar-refractivity contribution is 0.112. The third kappa shape index (κ3) is 2.58. The third-order valence-corrected chi connectivity index (χ3v) is 5.48. The van der Waals surface area contributed by atoms with Crippen molar-refractivity contribution in [3.8, 4) is 0 Å². The van der Waals surface area contributed by atoms with Crippen molar-refractivity contribution >= 4 is 21.8 Å². The molecule has 0 radical (unpaired) electrons. The van der Waals surface area contributed by atoms with Crippen molar-refractivity contribution in [2.24, 2.45) is 5.92 Å². The number of rotatable bonds is 3. The Labute approximate surface area is 116 Å². The summed E-state index contributed by atoms with van der Waals surface area (Å²) in [5.41, 5.74) is 1.01. The number of hydrogen-bond donors (Lipinski definition) is 0. The molecule has 6 nitrogen and oxygen atoms in total. The highest BCUT2D eigenvalue weighted by Crippen LogP contribution is 2.21. The third-order valence-electron chi connectivity index (χ3n) is 3.59. The summed E-state index contributed by atoms with van der Waals surface area (Å²) in [6.07, 6.45) is 4.61. The normalized spacial score (nSPS) is 21.9. The van der Waals surface area contributed by atoms with Crippen LogP contribution in [0.3, 0.4) is 0 Å². The zero-order chi connectivity index (χ0) is 14.2. The van der Waals surface area contributed by atoms with Crippen molar-refractivity contribution in [3.05, 3.63) is 29.7 Å². The van der Waals surface area contributed by atoms with E-state index < -0.39 is 9.84 Å². The molecule has 1 aliphatic rings. The van der Waals surface area contributed by atoms with Crippen LogP contribution in [0.15, 0.2) is 18.3 Å². The number of carbonyl (C=O) groups is 1. The molecule has 3 heterocycles. The Kier molecular flexibility index (Phi) is 3.29. The van der Waals surface area contributed by atoms with Gasteiger partial charge in [-0.3, -0.25) is 4.79 Å². The van der Waals surface area contributed by atoms with Gasteiger partial charge in [0.2, 0.25) is 0 Å². The van der Waals surface area contributed by atoms with E-state index in [-0.39, 0.29) is 17.4 Å². The van der Waals surface area contributed by atoms with Crippen LogP contribution in [0.1, 0.15) is 29.0 Å². The molecule has 0 saturated carbocycles. The minimum atomic E-state index is -2.91. The maximum atomic E-state index is 11.6. The number of hydrogen-bond acceptors (Lipinski definition) is 5. The topological polar surface area (TPSA) is 81.4 Å². The molecule has 1 unspecified atom stereocenters. The van der Waals surface area contributed by atoms with E-state index in [0.717, 1.165) is 12.7 Å². The molecule has 0 N–H and O–H groups in total. The van der Waals surface area contributed by atoms with E-state index in [9.17, 15) is 13.2 Å². The lowest BCUT2D eigenvalue weighted by Crippen LogP contribution is -2.26. The molecule has 2 aromatic heterocycles. The minimum absolute atomic E-state index is 0.0749. The zero-order valence-corrected chi connectivity index (χ0v) is 11.7. The molecule has 3 rings (SSSR count). The molecule has 0 spiro atoms. The van der Waals surface area contributed by atoms with Gasteiger partial charge in [0, 0.05) is 12.6 Å². The van der Waals surface area contributed by atoms with Gasteiger partial charge in [0.1, 0.15) is 0 Å². The lowest BCUT2D eigenvalue weighted by atomic mass is 10.0. The Morgan fingerprint density at radius 3 is 3.05 bits per heavy atom. The summed E-state index contributed by atoms with van der Waals surface area (Å²) in [4.78, 5) is 15.3. The Morgan fingerprint density at radius 1 is 1.45 bits per heavy atom. The number of nitrogens with zero attached hydrogens (tertiary/aromatic N) is 3. The average molecular weight is 293 g/mol. The molecule has 1 aliphatic heterocycles. The van der Waals surface area contributed by atoms with Crippen LogP contribution < -0.4 is 0 Å². The number of aromatic nitrogens is 3. The summed E-state index contributed by atoms with van der Waals surface area (Å²) >= 11 is 0. The van der Waals surface area contributed by atoms with E-state index in [1.54, 1.807) is 22.8 Å². The predicted molar refractivity (Wildman–Crippen MR) is 73.5 cm³/mol. The van der Waals surface area contributed by atoms with Crippen molar-refractivity contribution in [1.29, 1.82) is 0 Å². The van der Waals surface area contributed by atoms with Crippen molar-refractivity contribution in [1.82, 2.24) is 14.6 Å². The summed E-state index contributed by atoms with van der Waals surface area (Å²) in [6, 6.07) is 3.42. The lowest BCUT2D eigenvalue weighted by Gasteiger charge is -2.20. The van der Waals surface area contributed by atoms with Gasteiger partial charge >= 0.3 is 0 Å². The molecule has 0 aromatic carbocycles. The quantitative estimate of drug-likeness (QED) is 0.786.